The molecule has 1 aliphatic rings. The lowest BCUT2D eigenvalue weighted by atomic mass is 10.0. The highest BCUT2D eigenvalue weighted by molar-refractivity contribution is 7.89. The number of anilines is 1. The Hall–Kier alpha value is -2.75. The van der Waals surface area contributed by atoms with Crippen molar-refractivity contribution < 1.29 is 39.8 Å². The first kappa shape index (κ1) is 30.8. The van der Waals surface area contributed by atoms with Crippen LogP contribution in [0.3, 0.4) is 0 Å². The van der Waals surface area contributed by atoms with E-state index in [1.165, 1.54) is 24.3 Å². The number of nitrogens with one attached hydrogen (secondary N) is 1. The van der Waals surface area contributed by atoms with E-state index < -0.39 is 51.3 Å². The molecule has 39 heavy (non-hydrogen) atoms. The van der Waals surface area contributed by atoms with Crippen molar-refractivity contribution in [3.05, 3.63) is 60.2 Å². The standard InChI is InChI=1S/C25H35N3O9S2/c1-18(2)15-28(38(30,31)22-10-8-20(26)9-11-22)16-24(37-39(32,33)34)23(14-19-6-4-3-5-7-19)27-25(29)36-21-12-13-35-17-21/h3-11,18,21,23-24H,12-17,26H2,1-2H3,(H,27,29)(H,32,33,34)/t21-,23+,24-/m0/s1. The van der Waals surface area contributed by atoms with E-state index >= 15 is 0 Å². The minimum Gasteiger partial charge on any atom is -0.444 e. The maximum atomic E-state index is 13.6. The SMILES string of the molecule is CC(C)CN(C[C@H](OS(=O)(=O)O)[C@@H](Cc1ccccc1)NC(=O)O[C@H]1CCOC1)S(=O)(=O)c1ccc(N)cc1. The van der Waals surface area contributed by atoms with Crippen LogP contribution >= 0.6 is 0 Å². The minimum atomic E-state index is -5.06. The van der Waals surface area contributed by atoms with Gasteiger partial charge in [-0.05, 0) is 42.2 Å². The molecule has 0 unspecified atom stereocenters. The second kappa shape index (κ2) is 13.5. The number of sulfonamides is 1. The summed E-state index contributed by atoms with van der Waals surface area (Å²) in [6, 6.07) is 13.3. The van der Waals surface area contributed by atoms with Gasteiger partial charge in [0.2, 0.25) is 10.0 Å². The minimum absolute atomic E-state index is 0.0000374. The van der Waals surface area contributed by atoms with Crippen molar-refractivity contribution in [2.75, 3.05) is 32.0 Å². The Balaban J connectivity index is 1.97. The summed E-state index contributed by atoms with van der Waals surface area (Å²) < 4.78 is 77.4. The number of amides is 1. The van der Waals surface area contributed by atoms with Gasteiger partial charge >= 0.3 is 16.5 Å². The van der Waals surface area contributed by atoms with Crippen LogP contribution in [0.5, 0.6) is 0 Å². The highest BCUT2D eigenvalue weighted by Gasteiger charge is 2.36. The maximum absolute atomic E-state index is 13.6. The van der Waals surface area contributed by atoms with E-state index in [0.29, 0.717) is 24.3 Å². The van der Waals surface area contributed by atoms with Crippen molar-refractivity contribution in [1.29, 1.82) is 0 Å². The molecule has 14 heteroatoms. The molecular formula is C25H35N3O9S2. The van der Waals surface area contributed by atoms with E-state index in [1.54, 1.807) is 44.2 Å². The van der Waals surface area contributed by atoms with Gasteiger partial charge in [0.15, 0.2) is 0 Å². The summed E-state index contributed by atoms with van der Waals surface area (Å²) in [4.78, 5) is 12.7. The Labute approximate surface area is 229 Å². The van der Waals surface area contributed by atoms with E-state index in [1.807, 2.05) is 0 Å². The zero-order chi connectivity index (χ0) is 28.6. The Morgan fingerprint density at radius 3 is 2.33 bits per heavy atom. The molecule has 0 aliphatic carbocycles. The van der Waals surface area contributed by atoms with Gasteiger partial charge in [0.05, 0.1) is 24.2 Å². The summed E-state index contributed by atoms with van der Waals surface area (Å²) in [5.74, 6) is -0.159. The van der Waals surface area contributed by atoms with Crippen LogP contribution in [0.25, 0.3) is 0 Å². The summed E-state index contributed by atoms with van der Waals surface area (Å²) in [6.45, 7) is 3.75. The van der Waals surface area contributed by atoms with Crippen LogP contribution in [0.4, 0.5) is 10.5 Å². The molecule has 0 radical (unpaired) electrons. The summed E-state index contributed by atoms with van der Waals surface area (Å²) >= 11 is 0. The number of nitrogens with two attached hydrogens (primary N) is 1. The number of nitrogen functional groups attached to an aromatic ring is 1. The number of ether oxygens (including phenoxy) is 2. The molecule has 216 valence electrons. The Kier molecular flexibility index (Phi) is 10.7. The normalized spacial score (nSPS) is 17.7. The predicted molar refractivity (Wildman–Crippen MR) is 144 cm³/mol. The van der Waals surface area contributed by atoms with Gasteiger partial charge in [-0.1, -0.05) is 44.2 Å². The van der Waals surface area contributed by atoms with Crippen molar-refractivity contribution in [1.82, 2.24) is 9.62 Å². The molecule has 12 nitrogen and oxygen atoms in total. The third-order valence-corrected chi connectivity index (χ3v) is 8.26. The number of rotatable bonds is 13. The Morgan fingerprint density at radius 1 is 1.10 bits per heavy atom. The summed E-state index contributed by atoms with van der Waals surface area (Å²) in [5.41, 5.74) is 6.78. The van der Waals surface area contributed by atoms with Crippen LogP contribution in [-0.2, 0) is 40.5 Å². The number of hydrogen-bond acceptors (Lipinski definition) is 9. The molecule has 1 heterocycles. The number of hydrogen-bond donors (Lipinski definition) is 3. The molecule has 1 aliphatic heterocycles. The molecule has 1 fully saturated rings. The van der Waals surface area contributed by atoms with E-state index in [0.717, 1.165) is 4.31 Å². The van der Waals surface area contributed by atoms with E-state index in [-0.39, 0.29) is 30.4 Å². The van der Waals surface area contributed by atoms with Crippen molar-refractivity contribution >= 4 is 32.2 Å². The Bertz CT molecular complexity index is 1280. The predicted octanol–water partition coefficient (Wildman–Crippen LogP) is 2.23. The molecule has 2 aromatic carbocycles. The van der Waals surface area contributed by atoms with E-state index in [4.69, 9.17) is 19.4 Å². The van der Waals surface area contributed by atoms with Crippen molar-refractivity contribution in [3.8, 4) is 0 Å². The first-order valence-corrected chi connectivity index (χ1v) is 15.2. The van der Waals surface area contributed by atoms with Crippen LogP contribution in [-0.4, -0.2) is 76.3 Å². The largest absolute Gasteiger partial charge is 0.444 e. The fraction of sp³-hybridized carbons (Fsp3) is 0.480. The summed E-state index contributed by atoms with van der Waals surface area (Å²) in [7, 11) is -9.21. The highest BCUT2D eigenvalue weighted by atomic mass is 32.3. The van der Waals surface area contributed by atoms with Gasteiger partial charge in [-0.3, -0.25) is 4.55 Å². The topological polar surface area (TPSA) is 175 Å². The van der Waals surface area contributed by atoms with Crippen molar-refractivity contribution in [2.45, 2.75) is 49.8 Å². The smallest absolute Gasteiger partial charge is 0.407 e. The number of carbonyl (C=O) groups is 1. The number of alkyl carbamates (subject to hydrolysis) is 1. The fourth-order valence-electron chi connectivity index (χ4n) is 4.13. The molecule has 0 saturated carbocycles. The molecular weight excluding hydrogens is 550 g/mol. The molecule has 0 aromatic heterocycles. The van der Waals surface area contributed by atoms with Crippen molar-refractivity contribution in [2.24, 2.45) is 5.92 Å². The second-order valence-electron chi connectivity index (χ2n) is 9.68. The van der Waals surface area contributed by atoms with Gasteiger partial charge in [0.25, 0.3) is 0 Å². The van der Waals surface area contributed by atoms with Crippen LogP contribution < -0.4 is 11.1 Å². The lowest BCUT2D eigenvalue weighted by Crippen LogP contribution is -2.53. The van der Waals surface area contributed by atoms with Gasteiger partial charge in [-0.15, -0.1) is 0 Å². The zero-order valence-electron chi connectivity index (χ0n) is 21.8. The van der Waals surface area contributed by atoms with E-state index in [2.05, 4.69) is 5.32 Å². The first-order chi connectivity index (χ1) is 18.3. The third kappa shape index (κ3) is 9.74. The third-order valence-electron chi connectivity index (χ3n) is 5.93. The maximum Gasteiger partial charge on any atom is 0.407 e. The molecule has 4 N–H and O–H groups in total. The molecule has 3 atom stereocenters. The second-order valence-corrected chi connectivity index (χ2v) is 12.7. The number of nitrogens with zero attached hydrogens (tertiary/aromatic N) is 1. The molecule has 3 rings (SSSR count). The fourth-order valence-corrected chi connectivity index (χ4v) is 6.26. The average molecular weight is 586 g/mol. The Morgan fingerprint density at radius 2 is 1.77 bits per heavy atom. The monoisotopic (exact) mass is 585 g/mol. The van der Waals surface area contributed by atoms with Gasteiger partial charge in [-0.2, -0.15) is 12.7 Å². The number of carbonyl (C=O) groups excluding carboxylic acids is 1. The van der Waals surface area contributed by atoms with Crippen molar-refractivity contribution in [3.63, 3.8) is 0 Å². The molecule has 0 spiro atoms. The summed E-state index contributed by atoms with van der Waals surface area (Å²) in [5, 5.41) is 2.62. The van der Waals surface area contributed by atoms with Crippen LogP contribution in [0.1, 0.15) is 25.8 Å². The lowest BCUT2D eigenvalue weighted by Gasteiger charge is -2.32. The average Bonchev–Trinajstić information content (AvgIpc) is 3.35. The quantitative estimate of drug-likeness (QED) is 0.234. The highest BCUT2D eigenvalue weighted by Crippen LogP contribution is 2.22. The first-order valence-electron chi connectivity index (χ1n) is 12.4. The van der Waals surface area contributed by atoms with Crippen LogP contribution in [0, 0.1) is 5.92 Å². The van der Waals surface area contributed by atoms with Gasteiger partial charge < -0.3 is 20.5 Å². The molecule has 0 bridgehead atoms. The zero-order valence-corrected chi connectivity index (χ0v) is 23.4. The van der Waals surface area contributed by atoms with E-state index in [9.17, 15) is 26.2 Å². The molecule has 2 aromatic rings. The number of benzene rings is 2. The molecule has 1 amide bonds. The van der Waals surface area contributed by atoms with Gasteiger partial charge in [0.1, 0.15) is 12.2 Å². The summed E-state index contributed by atoms with van der Waals surface area (Å²) in [6.07, 6.45) is -2.30. The van der Waals surface area contributed by atoms with Crippen LogP contribution in [0.15, 0.2) is 59.5 Å². The molecule has 1 saturated heterocycles. The van der Waals surface area contributed by atoms with Gasteiger partial charge in [-0.25, -0.2) is 17.4 Å². The van der Waals surface area contributed by atoms with Crippen LogP contribution in [0.2, 0.25) is 0 Å². The van der Waals surface area contributed by atoms with Gasteiger partial charge in [0, 0.05) is 25.2 Å². The lowest BCUT2D eigenvalue weighted by molar-refractivity contribution is 0.0683.